The fraction of sp³-hybridized carbons (Fsp3) is 0.318. The second-order valence-electron chi connectivity index (χ2n) is 7.17. The van der Waals surface area contributed by atoms with Crippen LogP contribution in [0.2, 0.25) is 0 Å². The lowest BCUT2D eigenvalue weighted by molar-refractivity contribution is 0.0527. The molecule has 4 rings (SSSR count). The number of hydrogen-bond donors (Lipinski definition) is 1. The zero-order valence-corrected chi connectivity index (χ0v) is 18.4. The molecule has 0 saturated carbocycles. The van der Waals surface area contributed by atoms with Crippen LogP contribution in [0.25, 0.3) is 10.9 Å². The third kappa shape index (κ3) is 3.60. The highest BCUT2D eigenvalue weighted by Crippen LogP contribution is 2.42. The first-order valence-corrected chi connectivity index (χ1v) is 10.4. The lowest BCUT2D eigenvalue weighted by atomic mass is 10.0. The second-order valence-corrected chi connectivity index (χ2v) is 8.02. The minimum absolute atomic E-state index is 0.305. The molecule has 0 aliphatic carbocycles. The minimum atomic E-state index is -0.305. The number of nitrogens with zero attached hydrogens (tertiary/aromatic N) is 2. The average molecular weight is 458 g/mol. The van der Waals surface area contributed by atoms with Crippen LogP contribution in [-0.2, 0) is 24.9 Å². The Balaban J connectivity index is 1.90. The van der Waals surface area contributed by atoms with Crippen molar-refractivity contribution in [3.8, 4) is 5.75 Å². The first-order chi connectivity index (χ1) is 14.0. The van der Waals surface area contributed by atoms with Crippen molar-refractivity contribution in [1.82, 2.24) is 9.47 Å². The van der Waals surface area contributed by atoms with E-state index in [-0.39, 0.29) is 5.97 Å². The first-order valence-electron chi connectivity index (χ1n) is 9.61. The summed E-state index contributed by atoms with van der Waals surface area (Å²) in [5.41, 5.74) is 4.47. The maximum Gasteiger partial charge on any atom is 0.340 e. The smallest absolute Gasteiger partial charge is 0.340 e. The molecular formula is C22H24BrN3O3. The molecule has 0 spiro atoms. The van der Waals surface area contributed by atoms with Crippen LogP contribution in [-0.4, -0.2) is 35.8 Å². The summed E-state index contributed by atoms with van der Waals surface area (Å²) in [4.78, 5) is 15.1. The molecule has 2 heterocycles. The lowest BCUT2D eigenvalue weighted by Crippen LogP contribution is -2.28. The van der Waals surface area contributed by atoms with Gasteiger partial charge in [0.05, 0.1) is 34.4 Å². The number of halogens is 1. The predicted octanol–water partition coefficient (Wildman–Crippen LogP) is 4.51. The summed E-state index contributed by atoms with van der Waals surface area (Å²) in [6.07, 6.45) is 0. The van der Waals surface area contributed by atoms with E-state index in [0.717, 1.165) is 38.1 Å². The van der Waals surface area contributed by atoms with Crippen molar-refractivity contribution in [2.24, 2.45) is 7.05 Å². The number of fused-ring (bicyclic) bond motifs is 3. The number of ether oxygens (including phenoxy) is 2. The monoisotopic (exact) mass is 457 g/mol. The van der Waals surface area contributed by atoms with Crippen molar-refractivity contribution in [1.29, 1.82) is 0 Å². The second kappa shape index (κ2) is 8.08. The summed E-state index contributed by atoms with van der Waals surface area (Å²) < 4.78 is 14.4. The Kier molecular flexibility index (Phi) is 5.52. The van der Waals surface area contributed by atoms with Gasteiger partial charge in [-0.2, -0.15) is 0 Å². The van der Waals surface area contributed by atoms with Crippen molar-refractivity contribution in [2.75, 3.05) is 25.7 Å². The third-order valence-electron chi connectivity index (χ3n) is 5.19. The van der Waals surface area contributed by atoms with E-state index in [0.29, 0.717) is 32.0 Å². The number of benzene rings is 2. The quantitative estimate of drug-likeness (QED) is 0.571. The van der Waals surface area contributed by atoms with Gasteiger partial charge in [0.15, 0.2) is 0 Å². The number of para-hydroxylation sites is 1. The number of carbonyl (C=O) groups excluding carboxylic acids is 1. The van der Waals surface area contributed by atoms with Crippen LogP contribution in [0, 0.1) is 0 Å². The van der Waals surface area contributed by atoms with Crippen molar-refractivity contribution >= 4 is 38.5 Å². The molecule has 1 aliphatic heterocycles. The van der Waals surface area contributed by atoms with Gasteiger partial charge in [0.2, 0.25) is 0 Å². The summed E-state index contributed by atoms with van der Waals surface area (Å²) in [6, 6.07) is 12.0. The van der Waals surface area contributed by atoms with Gasteiger partial charge in [0.25, 0.3) is 0 Å². The fourth-order valence-corrected chi connectivity index (χ4v) is 4.41. The minimum Gasteiger partial charge on any atom is -0.477 e. The Labute approximate surface area is 178 Å². The molecule has 29 heavy (non-hydrogen) atoms. The maximum atomic E-state index is 13.0. The van der Waals surface area contributed by atoms with Gasteiger partial charge < -0.3 is 19.4 Å². The highest BCUT2D eigenvalue weighted by atomic mass is 79.9. The molecule has 6 nitrogen and oxygen atoms in total. The largest absolute Gasteiger partial charge is 0.477 e. The Morgan fingerprint density at radius 2 is 2.03 bits per heavy atom. The van der Waals surface area contributed by atoms with E-state index in [1.54, 1.807) is 0 Å². The van der Waals surface area contributed by atoms with Gasteiger partial charge in [0, 0.05) is 30.2 Å². The molecule has 1 N–H and O–H groups in total. The van der Waals surface area contributed by atoms with Crippen molar-refractivity contribution in [3.05, 3.63) is 57.7 Å². The van der Waals surface area contributed by atoms with Crippen LogP contribution in [0.1, 0.15) is 28.5 Å². The number of aromatic nitrogens is 1. The zero-order chi connectivity index (χ0) is 20.5. The van der Waals surface area contributed by atoms with Gasteiger partial charge >= 0.3 is 5.97 Å². The number of aryl methyl sites for hydroxylation is 1. The summed E-state index contributed by atoms with van der Waals surface area (Å²) in [7, 11) is 3.99. The molecule has 3 aromatic rings. The zero-order valence-electron chi connectivity index (χ0n) is 16.8. The molecule has 0 atom stereocenters. The lowest BCUT2D eigenvalue weighted by Gasteiger charge is -2.27. The van der Waals surface area contributed by atoms with Crippen LogP contribution in [0.15, 0.2) is 40.9 Å². The van der Waals surface area contributed by atoms with E-state index < -0.39 is 0 Å². The number of rotatable bonds is 5. The van der Waals surface area contributed by atoms with Crippen molar-refractivity contribution in [2.45, 2.75) is 20.0 Å². The van der Waals surface area contributed by atoms with Crippen molar-refractivity contribution < 1.29 is 14.3 Å². The van der Waals surface area contributed by atoms with E-state index in [2.05, 4.69) is 30.7 Å². The highest BCUT2D eigenvalue weighted by Gasteiger charge is 2.29. The van der Waals surface area contributed by atoms with Gasteiger partial charge in [-0.15, -0.1) is 0 Å². The van der Waals surface area contributed by atoms with E-state index in [1.165, 1.54) is 0 Å². The summed E-state index contributed by atoms with van der Waals surface area (Å²) in [5.74, 6) is 0.495. The number of esters is 1. The maximum absolute atomic E-state index is 13.0. The van der Waals surface area contributed by atoms with E-state index >= 15 is 0 Å². The first kappa shape index (κ1) is 19.8. The predicted molar refractivity (Wildman–Crippen MR) is 117 cm³/mol. The molecular weight excluding hydrogens is 434 g/mol. The highest BCUT2D eigenvalue weighted by molar-refractivity contribution is 9.10. The Hall–Kier alpha value is -2.51. The molecule has 0 saturated heterocycles. The fourth-order valence-electron chi connectivity index (χ4n) is 3.84. The Bertz CT molecular complexity index is 1060. The summed E-state index contributed by atoms with van der Waals surface area (Å²) >= 11 is 3.65. The normalized spacial score (nSPS) is 13.8. The van der Waals surface area contributed by atoms with Gasteiger partial charge in [-0.1, -0.05) is 18.2 Å². The van der Waals surface area contributed by atoms with Crippen LogP contribution in [0.4, 0.5) is 5.69 Å². The summed E-state index contributed by atoms with van der Waals surface area (Å²) in [6.45, 7) is 3.88. The molecule has 1 aliphatic rings. The van der Waals surface area contributed by atoms with Gasteiger partial charge in [-0.3, -0.25) is 4.90 Å². The number of nitrogens with one attached hydrogen (secondary N) is 1. The SMILES string of the molecule is CCOC(=O)c1c(CNc2ccccc2)n(C)c2cc(Br)c3c(c12)CN(C)CO3. The molecule has 0 fully saturated rings. The number of anilines is 1. The molecule has 7 heteroatoms. The third-order valence-corrected chi connectivity index (χ3v) is 5.78. The van der Waals surface area contributed by atoms with Crippen LogP contribution >= 0.6 is 15.9 Å². The molecule has 0 bridgehead atoms. The topological polar surface area (TPSA) is 55.7 Å². The number of carbonyl (C=O) groups is 1. The van der Waals surface area contributed by atoms with Gasteiger partial charge in [-0.05, 0) is 48.1 Å². The van der Waals surface area contributed by atoms with E-state index in [9.17, 15) is 4.79 Å². The van der Waals surface area contributed by atoms with Crippen LogP contribution in [0.3, 0.4) is 0 Å². The molecule has 2 aromatic carbocycles. The van der Waals surface area contributed by atoms with E-state index in [1.807, 2.05) is 57.4 Å². The van der Waals surface area contributed by atoms with Crippen molar-refractivity contribution in [3.63, 3.8) is 0 Å². The Morgan fingerprint density at radius 1 is 1.28 bits per heavy atom. The van der Waals surface area contributed by atoms with E-state index in [4.69, 9.17) is 9.47 Å². The van der Waals surface area contributed by atoms with Gasteiger partial charge in [-0.25, -0.2) is 4.79 Å². The molecule has 152 valence electrons. The molecule has 0 amide bonds. The van der Waals surface area contributed by atoms with Crippen LogP contribution < -0.4 is 10.1 Å². The van der Waals surface area contributed by atoms with Gasteiger partial charge in [0.1, 0.15) is 12.5 Å². The average Bonchev–Trinajstić information content (AvgIpc) is 2.99. The Morgan fingerprint density at radius 3 is 2.76 bits per heavy atom. The summed E-state index contributed by atoms with van der Waals surface area (Å²) in [5, 5.41) is 4.32. The molecule has 1 aromatic heterocycles. The molecule has 0 radical (unpaired) electrons. The standard InChI is InChI=1S/C22H24BrN3O3/c1-4-28-22(27)20-18(11-24-14-8-6-5-7-9-14)26(3)17-10-16(23)21-15(19(17)20)12-25(2)13-29-21/h5-10,24H,4,11-13H2,1-3H3. The van der Waals surface area contributed by atoms with Crippen LogP contribution in [0.5, 0.6) is 5.75 Å². The molecule has 0 unspecified atom stereocenters. The number of hydrogen-bond acceptors (Lipinski definition) is 5.